The van der Waals surface area contributed by atoms with Crippen molar-refractivity contribution in [2.45, 2.75) is 32.3 Å². The Balaban J connectivity index is 4.29. The molecule has 0 fully saturated rings. The molecule has 0 spiro atoms. The minimum atomic E-state index is -0.783. The molecule has 0 rings (SSSR count). The van der Waals surface area contributed by atoms with E-state index in [1.54, 1.807) is 6.92 Å². The maximum absolute atomic E-state index is 9.66. The van der Waals surface area contributed by atoms with Crippen LogP contribution in [0.15, 0.2) is 29.9 Å². The molecular formula is C10H18N2O. The zero-order chi connectivity index (χ0) is 10.5. The van der Waals surface area contributed by atoms with Crippen molar-refractivity contribution in [1.82, 2.24) is 0 Å². The fourth-order valence-corrected chi connectivity index (χ4v) is 0.785. The van der Waals surface area contributed by atoms with E-state index in [9.17, 15) is 5.11 Å². The second kappa shape index (κ2) is 4.82. The second-order valence-electron chi connectivity index (χ2n) is 3.33. The number of aliphatic imine (C=N–C) groups is 1. The first-order valence-corrected chi connectivity index (χ1v) is 4.28. The van der Waals surface area contributed by atoms with Gasteiger partial charge in [0, 0.05) is 6.42 Å². The van der Waals surface area contributed by atoms with Crippen LogP contribution in [0.3, 0.4) is 0 Å². The molecule has 0 bridgehead atoms. The summed E-state index contributed by atoms with van der Waals surface area (Å²) in [6, 6.07) is 0. The van der Waals surface area contributed by atoms with Gasteiger partial charge in [-0.15, -0.1) is 0 Å². The van der Waals surface area contributed by atoms with Crippen molar-refractivity contribution in [3.05, 3.63) is 24.9 Å². The lowest BCUT2D eigenvalue weighted by molar-refractivity contribution is 0.0635. The third kappa shape index (κ3) is 5.20. The summed E-state index contributed by atoms with van der Waals surface area (Å²) in [5.41, 5.74) is 5.33. The summed E-state index contributed by atoms with van der Waals surface area (Å²) >= 11 is 0. The van der Waals surface area contributed by atoms with Gasteiger partial charge in [0.15, 0.2) is 0 Å². The van der Waals surface area contributed by atoms with E-state index in [1.165, 1.54) is 6.08 Å². The summed E-state index contributed by atoms with van der Waals surface area (Å²) in [7, 11) is 0. The summed E-state index contributed by atoms with van der Waals surface area (Å²) in [6.07, 6.45) is 2.52. The van der Waals surface area contributed by atoms with Gasteiger partial charge in [-0.05, 0) is 19.4 Å². The van der Waals surface area contributed by atoms with Crippen molar-refractivity contribution in [2.24, 2.45) is 10.7 Å². The van der Waals surface area contributed by atoms with Crippen LogP contribution in [0.2, 0.25) is 0 Å². The number of amidine groups is 1. The third-order valence-corrected chi connectivity index (χ3v) is 1.85. The van der Waals surface area contributed by atoms with Gasteiger partial charge in [-0.1, -0.05) is 20.1 Å². The molecule has 3 N–H and O–H groups in total. The van der Waals surface area contributed by atoms with Gasteiger partial charge in [0.25, 0.3) is 0 Å². The topological polar surface area (TPSA) is 58.6 Å². The normalized spacial score (nSPS) is 16.4. The van der Waals surface area contributed by atoms with E-state index in [1.807, 2.05) is 6.92 Å². The van der Waals surface area contributed by atoms with E-state index in [0.29, 0.717) is 24.4 Å². The molecule has 74 valence electrons. The molecule has 0 amide bonds. The second-order valence-corrected chi connectivity index (χ2v) is 3.33. The molecule has 0 aliphatic rings. The highest BCUT2D eigenvalue weighted by Gasteiger charge is 2.18. The highest BCUT2D eigenvalue weighted by atomic mass is 16.3. The largest absolute Gasteiger partial charge is 0.390 e. The first kappa shape index (κ1) is 11.9. The van der Waals surface area contributed by atoms with Crippen molar-refractivity contribution in [3.8, 4) is 0 Å². The summed E-state index contributed by atoms with van der Waals surface area (Å²) in [6.45, 7) is 10.7. The van der Waals surface area contributed by atoms with Crippen molar-refractivity contribution in [3.63, 3.8) is 0 Å². The molecule has 3 nitrogen and oxygen atoms in total. The molecule has 0 saturated carbocycles. The van der Waals surface area contributed by atoms with Crippen LogP contribution in [0.5, 0.6) is 0 Å². The number of aliphatic hydroxyl groups is 1. The van der Waals surface area contributed by atoms with E-state index >= 15 is 0 Å². The minimum absolute atomic E-state index is 0.357. The molecule has 0 aliphatic heterocycles. The Morgan fingerprint density at radius 2 is 2.23 bits per heavy atom. The highest BCUT2D eigenvalue weighted by Crippen LogP contribution is 2.13. The summed E-state index contributed by atoms with van der Waals surface area (Å²) in [5, 5.41) is 9.66. The lowest BCUT2D eigenvalue weighted by atomic mass is 9.99. The number of hydrogen-bond donors (Lipinski definition) is 2. The van der Waals surface area contributed by atoms with E-state index in [4.69, 9.17) is 5.73 Å². The zero-order valence-electron chi connectivity index (χ0n) is 8.38. The van der Waals surface area contributed by atoms with Crippen molar-refractivity contribution >= 4 is 5.84 Å². The van der Waals surface area contributed by atoms with Crippen LogP contribution in [0.25, 0.3) is 0 Å². The van der Waals surface area contributed by atoms with E-state index in [0.717, 1.165) is 0 Å². The van der Waals surface area contributed by atoms with Crippen LogP contribution in [-0.4, -0.2) is 16.5 Å². The fourth-order valence-electron chi connectivity index (χ4n) is 0.785. The lowest BCUT2D eigenvalue weighted by Gasteiger charge is -2.20. The third-order valence-electron chi connectivity index (χ3n) is 1.85. The number of nitrogens with two attached hydrogens (primary N) is 1. The Kier molecular flexibility index (Phi) is 4.42. The number of rotatable bonds is 5. The average Bonchev–Trinajstić information content (AvgIpc) is 2.03. The fraction of sp³-hybridized carbons (Fsp3) is 0.500. The molecule has 0 aromatic rings. The Morgan fingerprint density at radius 1 is 1.69 bits per heavy atom. The van der Waals surface area contributed by atoms with E-state index < -0.39 is 5.60 Å². The molecule has 0 unspecified atom stereocenters. The maximum Gasteiger partial charge on any atom is 0.102 e. The number of hydrogen-bond acceptors (Lipinski definition) is 2. The molecule has 0 radical (unpaired) electrons. The lowest BCUT2D eigenvalue weighted by Crippen LogP contribution is -2.30. The Hall–Kier alpha value is -1.09. The Bertz CT molecular complexity index is 229. The van der Waals surface area contributed by atoms with Crippen LogP contribution in [0, 0.1) is 0 Å². The standard InChI is InChI=1S/C10H18N2O/c1-5-8(3)12-9(11)7-10(4,13)6-2/h5,13H,1,3,6-7H2,2,4H3,(H2,11,12)/t10-/m1/s1. The molecule has 0 aliphatic carbocycles. The van der Waals surface area contributed by atoms with Gasteiger partial charge in [0.2, 0.25) is 0 Å². The van der Waals surface area contributed by atoms with Gasteiger partial charge in [-0.25, -0.2) is 4.99 Å². The van der Waals surface area contributed by atoms with E-state index in [2.05, 4.69) is 18.2 Å². The summed E-state index contributed by atoms with van der Waals surface area (Å²) in [5.74, 6) is 0.386. The zero-order valence-corrected chi connectivity index (χ0v) is 8.38. The number of allylic oxidation sites excluding steroid dienone is 1. The first-order chi connectivity index (χ1) is 5.91. The van der Waals surface area contributed by atoms with Crippen LogP contribution in [0.4, 0.5) is 0 Å². The van der Waals surface area contributed by atoms with E-state index in [-0.39, 0.29) is 0 Å². The van der Waals surface area contributed by atoms with Gasteiger partial charge in [0.05, 0.1) is 11.3 Å². The predicted molar refractivity (Wildman–Crippen MR) is 56.5 cm³/mol. The quantitative estimate of drug-likeness (QED) is 0.385. The Morgan fingerprint density at radius 3 is 2.62 bits per heavy atom. The van der Waals surface area contributed by atoms with Crippen molar-refractivity contribution in [2.75, 3.05) is 0 Å². The molecule has 0 aromatic carbocycles. The first-order valence-electron chi connectivity index (χ1n) is 4.28. The molecule has 1 atom stereocenters. The molecular weight excluding hydrogens is 164 g/mol. The van der Waals surface area contributed by atoms with Gasteiger partial charge in [-0.2, -0.15) is 0 Å². The van der Waals surface area contributed by atoms with Crippen molar-refractivity contribution < 1.29 is 5.11 Å². The highest BCUT2D eigenvalue weighted by molar-refractivity contribution is 5.82. The molecule has 0 saturated heterocycles. The number of nitrogens with zero attached hydrogens (tertiary/aromatic N) is 1. The van der Waals surface area contributed by atoms with Gasteiger partial charge >= 0.3 is 0 Å². The average molecular weight is 182 g/mol. The van der Waals surface area contributed by atoms with Crippen LogP contribution < -0.4 is 5.73 Å². The SMILES string of the molecule is C=CC(=C)/N=C(/N)C[C@](C)(O)CC. The predicted octanol–water partition coefficient (Wildman–Crippen LogP) is 1.59. The van der Waals surface area contributed by atoms with Crippen molar-refractivity contribution in [1.29, 1.82) is 0 Å². The summed E-state index contributed by atoms with van der Waals surface area (Å²) < 4.78 is 0. The van der Waals surface area contributed by atoms with Crippen LogP contribution in [-0.2, 0) is 0 Å². The minimum Gasteiger partial charge on any atom is -0.390 e. The van der Waals surface area contributed by atoms with Gasteiger partial charge in [0.1, 0.15) is 5.84 Å². The van der Waals surface area contributed by atoms with Crippen LogP contribution in [0.1, 0.15) is 26.7 Å². The molecule has 0 heterocycles. The maximum atomic E-state index is 9.66. The van der Waals surface area contributed by atoms with Crippen LogP contribution >= 0.6 is 0 Å². The monoisotopic (exact) mass is 182 g/mol. The van der Waals surface area contributed by atoms with Gasteiger partial charge < -0.3 is 10.8 Å². The molecule has 3 heteroatoms. The Labute approximate surface area is 79.7 Å². The summed E-state index contributed by atoms with van der Waals surface area (Å²) in [4.78, 5) is 3.95. The molecule has 13 heavy (non-hydrogen) atoms. The van der Waals surface area contributed by atoms with Gasteiger partial charge in [-0.3, -0.25) is 0 Å². The smallest absolute Gasteiger partial charge is 0.102 e. The molecule has 0 aromatic heterocycles.